The van der Waals surface area contributed by atoms with Gasteiger partial charge in [-0.25, -0.2) is 5.43 Å². The summed E-state index contributed by atoms with van der Waals surface area (Å²) in [5.41, 5.74) is 3.49. The van der Waals surface area contributed by atoms with E-state index < -0.39 is 11.2 Å². The van der Waals surface area contributed by atoms with E-state index in [2.05, 4.69) is 15.6 Å². The lowest BCUT2D eigenvalue weighted by Crippen LogP contribution is -2.38. The normalized spacial score (nSPS) is 26.0. The van der Waals surface area contributed by atoms with Crippen molar-refractivity contribution < 1.29 is 19.2 Å². The molecule has 3 heterocycles. The third-order valence-electron chi connectivity index (χ3n) is 4.29. The van der Waals surface area contributed by atoms with Gasteiger partial charge in [0.1, 0.15) is 12.1 Å². The largest absolute Gasteiger partial charge is 0.389 e. The van der Waals surface area contributed by atoms with Gasteiger partial charge in [0.15, 0.2) is 6.29 Å². The van der Waals surface area contributed by atoms with Crippen molar-refractivity contribution in [1.82, 2.24) is 15.2 Å². The number of hydrogen-bond acceptors (Lipinski definition) is 7. The second-order valence-corrected chi connectivity index (χ2v) is 5.93. The fourth-order valence-electron chi connectivity index (χ4n) is 2.99. The SMILES string of the molecule is O=C(N/N=C1\C[C@H](n2ccc([N+](=O)[O-])n2)[C@H]2CO[C@@H]1O2)c1ccccc1. The highest BCUT2D eigenvalue weighted by Gasteiger charge is 2.44. The fraction of sp³-hybridized carbons (Fsp3) is 0.312. The van der Waals surface area contributed by atoms with Crippen LogP contribution in [-0.2, 0) is 9.47 Å². The standard InChI is InChI=1S/C16H15N5O5/c22-15(10-4-2-1-3-5-10)18-17-11-8-12(13-9-25-16(11)26-13)20-7-6-14(19-20)21(23)24/h1-7,12-13,16H,8-9H2,(H,18,22)/b17-11+/t12-,13+,16+/m0/s1. The van der Waals surface area contributed by atoms with Crippen molar-refractivity contribution in [2.24, 2.45) is 5.10 Å². The lowest BCUT2D eigenvalue weighted by molar-refractivity contribution is -0.389. The average Bonchev–Trinajstić information content (AvgIpc) is 3.30. The molecule has 2 fully saturated rings. The molecule has 2 saturated heterocycles. The lowest BCUT2D eigenvalue weighted by Gasteiger charge is -2.26. The number of hydrogen-bond donors (Lipinski definition) is 1. The van der Waals surface area contributed by atoms with Gasteiger partial charge in [-0.3, -0.25) is 4.79 Å². The van der Waals surface area contributed by atoms with E-state index in [1.54, 1.807) is 24.3 Å². The molecule has 4 rings (SSSR count). The maximum Gasteiger partial charge on any atom is 0.389 e. The van der Waals surface area contributed by atoms with Gasteiger partial charge < -0.3 is 19.6 Å². The van der Waals surface area contributed by atoms with Crippen molar-refractivity contribution in [2.75, 3.05) is 6.61 Å². The zero-order valence-corrected chi connectivity index (χ0v) is 13.5. The Morgan fingerprint density at radius 1 is 1.35 bits per heavy atom. The molecule has 0 radical (unpaired) electrons. The summed E-state index contributed by atoms with van der Waals surface area (Å²) >= 11 is 0. The molecule has 0 saturated carbocycles. The van der Waals surface area contributed by atoms with Crippen LogP contribution in [-0.4, -0.2) is 45.3 Å². The van der Waals surface area contributed by atoms with E-state index in [0.717, 1.165) is 0 Å². The molecule has 26 heavy (non-hydrogen) atoms. The Morgan fingerprint density at radius 3 is 2.88 bits per heavy atom. The molecule has 1 aromatic heterocycles. The number of fused-ring (bicyclic) bond motifs is 2. The number of benzene rings is 1. The number of aromatic nitrogens is 2. The molecule has 1 aromatic carbocycles. The third kappa shape index (κ3) is 3.07. The van der Waals surface area contributed by atoms with Crippen LogP contribution in [0.25, 0.3) is 0 Å². The van der Waals surface area contributed by atoms with Crippen molar-refractivity contribution in [2.45, 2.75) is 24.9 Å². The Kier molecular flexibility index (Phi) is 4.19. The van der Waals surface area contributed by atoms with Gasteiger partial charge in [-0.1, -0.05) is 18.2 Å². The van der Waals surface area contributed by atoms with Gasteiger partial charge in [0.05, 0.1) is 29.7 Å². The van der Waals surface area contributed by atoms with Crippen LogP contribution >= 0.6 is 0 Å². The Balaban J connectivity index is 1.51. The molecule has 2 bridgehead atoms. The highest BCUT2D eigenvalue weighted by Crippen LogP contribution is 2.33. The number of carbonyl (C=O) groups excluding carboxylic acids is 1. The van der Waals surface area contributed by atoms with E-state index >= 15 is 0 Å². The quantitative estimate of drug-likeness (QED) is 0.649. The van der Waals surface area contributed by atoms with Crippen LogP contribution < -0.4 is 5.43 Å². The average molecular weight is 357 g/mol. The molecule has 0 spiro atoms. The minimum Gasteiger partial charge on any atom is -0.358 e. The first-order valence-corrected chi connectivity index (χ1v) is 8.00. The molecular weight excluding hydrogens is 342 g/mol. The van der Waals surface area contributed by atoms with Gasteiger partial charge in [-0.15, -0.1) is 0 Å². The number of rotatable bonds is 4. The molecule has 1 amide bonds. The molecule has 2 aliphatic rings. The van der Waals surface area contributed by atoms with Gasteiger partial charge >= 0.3 is 5.82 Å². The van der Waals surface area contributed by atoms with Crippen LogP contribution in [0.2, 0.25) is 0 Å². The predicted octanol–water partition coefficient (Wildman–Crippen LogP) is 1.26. The summed E-state index contributed by atoms with van der Waals surface area (Å²) in [6.07, 6.45) is 1.04. The summed E-state index contributed by atoms with van der Waals surface area (Å²) in [7, 11) is 0. The minimum absolute atomic E-state index is 0.234. The number of amides is 1. The highest BCUT2D eigenvalue weighted by atomic mass is 16.7. The van der Waals surface area contributed by atoms with Gasteiger partial charge in [-0.05, 0) is 17.1 Å². The molecule has 2 aliphatic heterocycles. The fourth-order valence-corrected chi connectivity index (χ4v) is 2.99. The van der Waals surface area contributed by atoms with Crippen LogP contribution in [0, 0.1) is 10.1 Å². The van der Waals surface area contributed by atoms with Crippen molar-refractivity contribution in [3.63, 3.8) is 0 Å². The molecule has 1 N–H and O–H groups in total. The van der Waals surface area contributed by atoms with Crippen molar-refractivity contribution >= 4 is 17.4 Å². The van der Waals surface area contributed by atoms with E-state index in [9.17, 15) is 14.9 Å². The van der Waals surface area contributed by atoms with Crippen molar-refractivity contribution in [3.05, 3.63) is 58.3 Å². The summed E-state index contributed by atoms with van der Waals surface area (Å²) in [6, 6.07) is 9.73. The number of ether oxygens (including phenoxy) is 2. The molecule has 0 aliphatic carbocycles. The lowest BCUT2D eigenvalue weighted by atomic mass is 10.0. The number of carbonyl (C=O) groups is 1. The summed E-state index contributed by atoms with van der Waals surface area (Å²) in [5.74, 6) is -0.577. The molecule has 3 atom stereocenters. The van der Waals surface area contributed by atoms with Crippen LogP contribution in [0.5, 0.6) is 0 Å². The smallest absolute Gasteiger partial charge is 0.358 e. The molecule has 2 aromatic rings. The Bertz CT molecular complexity index is 865. The number of nitrogens with zero attached hydrogens (tertiary/aromatic N) is 4. The van der Waals surface area contributed by atoms with E-state index in [1.807, 2.05) is 6.07 Å². The maximum absolute atomic E-state index is 12.1. The van der Waals surface area contributed by atoms with Crippen LogP contribution in [0.4, 0.5) is 5.82 Å². The van der Waals surface area contributed by atoms with Crippen LogP contribution in [0.15, 0.2) is 47.7 Å². The van der Waals surface area contributed by atoms with Crippen LogP contribution in [0.3, 0.4) is 0 Å². The predicted molar refractivity (Wildman–Crippen MR) is 88.5 cm³/mol. The molecule has 10 nitrogen and oxygen atoms in total. The van der Waals surface area contributed by atoms with E-state index in [-0.39, 0.29) is 23.9 Å². The maximum atomic E-state index is 12.1. The van der Waals surface area contributed by atoms with Gasteiger partial charge in [-0.2, -0.15) is 9.78 Å². The minimum atomic E-state index is -0.627. The first kappa shape index (κ1) is 16.4. The Labute approximate surface area is 147 Å². The topological polar surface area (TPSA) is 121 Å². The van der Waals surface area contributed by atoms with E-state index in [1.165, 1.54) is 16.9 Å². The first-order chi connectivity index (χ1) is 12.6. The Hall–Kier alpha value is -3.11. The van der Waals surface area contributed by atoms with Crippen molar-refractivity contribution in [3.8, 4) is 0 Å². The number of nitro groups is 1. The third-order valence-corrected chi connectivity index (χ3v) is 4.29. The van der Waals surface area contributed by atoms with E-state index in [4.69, 9.17) is 9.47 Å². The van der Waals surface area contributed by atoms with Crippen LogP contribution in [0.1, 0.15) is 22.8 Å². The summed E-state index contributed by atoms with van der Waals surface area (Å²) in [5, 5.41) is 19.0. The van der Waals surface area contributed by atoms with Crippen molar-refractivity contribution in [1.29, 1.82) is 0 Å². The Morgan fingerprint density at radius 2 is 2.15 bits per heavy atom. The first-order valence-electron chi connectivity index (χ1n) is 8.00. The van der Waals surface area contributed by atoms with Gasteiger partial charge in [0.2, 0.25) is 0 Å². The van der Waals surface area contributed by atoms with Gasteiger partial charge in [0.25, 0.3) is 5.91 Å². The number of hydrazone groups is 1. The zero-order valence-electron chi connectivity index (χ0n) is 13.5. The molecule has 134 valence electrons. The van der Waals surface area contributed by atoms with E-state index in [0.29, 0.717) is 24.3 Å². The molecule has 10 heteroatoms. The molecule has 0 unspecified atom stereocenters. The summed E-state index contributed by atoms with van der Waals surface area (Å²) < 4.78 is 12.8. The highest BCUT2D eigenvalue weighted by molar-refractivity contribution is 5.96. The monoisotopic (exact) mass is 357 g/mol. The van der Waals surface area contributed by atoms with Gasteiger partial charge in [0, 0.05) is 12.0 Å². The molecular formula is C16H15N5O5. The second-order valence-electron chi connectivity index (χ2n) is 5.93. The zero-order chi connectivity index (χ0) is 18.1. The number of nitrogens with one attached hydrogen (secondary N) is 1. The summed E-state index contributed by atoms with van der Waals surface area (Å²) in [4.78, 5) is 22.4. The second kappa shape index (κ2) is 6.65. The summed E-state index contributed by atoms with van der Waals surface area (Å²) in [6.45, 7) is 0.328.